The van der Waals surface area contributed by atoms with Gasteiger partial charge in [-0.25, -0.2) is 8.42 Å². The molecule has 0 saturated carbocycles. The molecule has 0 spiro atoms. The quantitative estimate of drug-likeness (QED) is 0.683. The van der Waals surface area contributed by atoms with Gasteiger partial charge in [-0.2, -0.15) is 0 Å². The molecule has 0 atom stereocenters. The fourth-order valence-corrected chi connectivity index (χ4v) is 2.90. The Kier molecular flexibility index (Phi) is 6.87. The maximum atomic E-state index is 12.0. The van der Waals surface area contributed by atoms with Crippen molar-refractivity contribution in [2.24, 2.45) is 0 Å². The van der Waals surface area contributed by atoms with Crippen LogP contribution < -0.4 is 10.6 Å². The van der Waals surface area contributed by atoms with E-state index in [4.69, 9.17) is 0 Å². The highest BCUT2D eigenvalue weighted by Gasteiger charge is 2.15. The number of benzene rings is 1. The summed E-state index contributed by atoms with van der Waals surface area (Å²) in [6.07, 6.45) is 0.536. The number of hydrogen-bond acceptors (Lipinski definition) is 4. The molecule has 0 aromatic heterocycles. The van der Waals surface area contributed by atoms with Crippen LogP contribution in [0, 0.1) is 0 Å². The Bertz CT molecular complexity index is 570. The number of hydrogen-bond donors (Lipinski definition) is 2. The van der Waals surface area contributed by atoms with E-state index in [0.717, 1.165) is 0 Å². The summed E-state index contributed by atoms with van der Waals surface area (Å²) in [5.41, 5.74) is 0. The fourth-order valence-electron chi connectivity index (χ4n) is 1.64. The van der Waals surface area contributed by atoms with Crippen molar-refractivity contribution in [1.29, 1.82) is 0 Å². The molecule has 1 aromatic carbocycles. The highest BCUT2D eigenvalue weighted by molar-refractivity contribution is 7.91. The number of nitrogens with one attached hydrogen (secondary N) is 2. The van der Waals surface area contributed by atoms with Gasteiger partial charge in [0.2, 0.25) is 11.8 Å². The van der Waals surface area contributed by atoms with Crippen LogP contribution in [0.15, 0.2) is 35.2 Å². The third kappa shape index (κ3) is 6.89. The Labute approximate surface area is 124 Å². The third-order valence-electron chi connectivity index (χ3n) is 2.75. The van der Waals surface area contributed by atoms with Crippen molar-refractivity contribution >= 4 is 21.7 Å². The second-order valence-electron chi connectivity index (χ2n) is 4.57. The molecular weight excluding hydrogens is 292 g/mol. The van der Waals surface area contributed by atoms with E-state index in [-0.39, 0.29) is 28.9 Å². The van der Waals surface area contributed by atoms with Crippen LogP contribution in [0.1, 0.15) is 19.8 Å². The first kappa shape index (κ1) is 17.2. The van der Waals surface area contributed by atoms with Gasteiger partial charge in [-0.1, -0.05) is 18.2 Å². The van der Waals surface area contributed by atoms with Gasteiger partial charge >= 0.3 is 0 Å². The third-order valence-corrected chi connectivity index (χ3v) is 4.48. The molecule has 0 saturated heterocycles. The number of rotatable bonds is 8. The molecule has 6 nitrogen and oxygen atoms in total. The van der Waals surface area contributed by atoms with Crippen molar-refractivity contribution in [2.75, 3.05) is 18.8 Å². The molecule has 7 heteroatoms. The van der Waals surface area contributed by atoms with Crippen LogP contribution in [-0.4, -0.2) is 39.1 Å². The summed E-state index contributed by atoms with van der Waals surface area (Å²) < 4.78 is 23.9. The van der Waals surface area contributed by atoms with Crippen LogP contribution in [0.5, 0.6) is 0 Å². The normalized spacial score (nSPS) is 10.9. The van der Waals surface area contributed by atoms with E-state index in [9.17, 15) is 18.0 Å². The summed E-state index contributed by atoms with van der Waals surface area (Å²) in [5.74, 6) is -0.637. The molecule has 0 unspecified atom stereocenters. The van der Waals surface area contributed by atoms with Crippen LogP contribution in [-0.2, 0) is 19.4 Å². The topological polar surface area (TPSA) is 92.3 Å². The van der Waals surface area contributed by atoms with Gasteiger partial charge in [-0.3, -0.25) is 9.59 Å². The van der Waals surface area contributed by atoms with Gasteiger partial charge in [-0.05, 0) is 18.6 Å². The van der Waals surface area contributed by atoms with Gasteiger partial charge in [0, 0.05) is 26.4 Å². The molecule has 21 heavy (non-hydrogen) atoms. The van der Waals surface area contributed by atoms with Crippen molar-refractivity contribution in [3.8, 4) is 0 Å². The number of carbonyl (C=O) groups is 2. The molecular formula is C14H20N2O4S. The molecule has 0 aliphatic rings. The largest absolute Gasteiger partial charge is 0.356 e. The van der Waals surface area contributed by atoms with E-state index in [1.807, 2.05) is 0 Å². The fraction of sp³-hybridized carbons (Fsp3) is 0.429. The average Bonchev–Trinajstić information content (AvgIpc) is 2.45. The molecule has 0 bridgehead atoms. The molecule has 0 heterocycles. The lowest BCUT2D eigenvalue weighted by molar-refractivity contribution is -0.120. The highest BCUT2D eigenvalue weighted by Crippen LogP contribution is 2.10. The van der Waals surface area contributed by atoms with Crippen molar-refractivity contribution < 1.29 is 18.0 Å². The second kappa shape index (κ2) is 8.41. The zero-order valence-electron chi connectivity index (χ0n) is 12.0. The highest BCUT2D eigenvalue weighted by atomic mass is 32.2. The smallest absolute Gasteiger partial charge is 0.221 e. The van der Waals surface area contributed by atoms with E-state index in [0.29, 0.717) is 19.5 Å². The van der Waals surface area contributed by atoms with Crippen molar-refractivity contribution in [2.45, 2.75) is 24.7 Å². The SMILES string of the molecule is CC(=O)NCCCNC(=O)CCS(=O)(=O)c1ccccc1. The Hall–Kier alpha value is -1.89. The minimum absolute atomic E-state index is 0.0721. The molecule has 116 valence electrons. The van der Waals surface area contributed by atoms with Crippen molar-refractivity contribution in [3.05, 3.63) is 30.3 Å². The molecule has 0 radical (unpaired) electrons. The van der Waals surface area contributed by atoms with Gasteiger partial charge in [0.05, 0.1) is 10.6 Å². The predicted octanol–water partition coefficient (Wildman–Crippen LogP) is 0.493. The summed E-state index contributed by atoms with van der Waals surface area (Å²) >= 11 is 0. The first-order valence-electron chi connectivity index (χ1n) is 6.71. The molecule has 0 aliphatic carbocycles. The van der Waals surface area contributed by atoms with Crippen molar-refractivity contribution in [1.82, 2.24) is 10.6 Å². The lowest BCUT2D eigenvalue weighted by Crippen LogP contribution is -2.29. The number of amides is 2. The standard InChI is InChI=1S/C14H20N2O4S/c1-12(17)15-9-5-10-16-14(18)8-11-21(19,20)13-6-3-2-4-7-13/h2-4,6-7H,5,8-11H2,1H3,(H,15,17)(H,16,18). The van der Waals surface area contributed by atoms with Crippen LogP contribution in [0.3, 0.4) is 0 Å². The first-order chi connectivity index (χ1) is 9.92. The Morgan fingerprint density at radius 1 is 1.05 bits per heavy atom. The lowest BCUT2D eigenvalue weighted by Gasteiger charge is -2.06. The molecule has 1 rings (SSSR count). The maximum Gasteiger partial charge on any atom is 0.221 e. The molecule has 2 amide bonds. The lowest BCUT2D eigenvalue weighted by atomic mass is 10.4. The van der Waals surface area contributed by atoms with Gasteiger partial charge < -0.3 is 10.6 Å². The predicted molar refractivity (Wildman–Crippen MR) is 79.4 cm³/mol. The minimum atomic E-state index is -3.42. The zero-order chi connectivity index (χ0) is 15.7. The summed E-state index contributed by atoms with van der Waals surface area (Å²) in [6.45, 7) is 2.31. The van der Waals surface area contributed by atoms with Crippen LogP contribution in [0.2, 0.25) is 0 Å². The number of sulfone groups is 1. The summed E-state index contributed by atoms with van der Waals surface area (Å²) in [6, 6.07) is 8.06. The van der Waals surface area contributed by atoms with E-state index in [1.165, 1.54) is 19.1 Å². The maximum absolute atomic E-state index is 12.0. The molecule has 2 N–H and O–H groups in total. The monoisotopic (exact) mass is 312 g/mol. The zero-order valence-corrected chi connectivity index (χ0v) is 12.8. The van der Waals surface area contributed by atoms with E-state index in [2.05, 4.69) is 10.6 Å². The van der Waals surface area contributed by atoms with Crippen LogP contribution >= 0.6 is 0 Å². The van der Waals surface area contributed by atoms with E-state index in [1.54, 1.807) is 18.2 Å². The first-order valence-corrected chi connectivity index (χ1v) is 8.36. The molecule has 0 fully saturated rings. The average molecular weight is 312 g/mol. The van der Waals surface area contributed by atoms with Crippen LogP contribution in [0.4, 0.5) is 0 Å². The Morgan fingerprint density at radius 3 is 2.29 bits per heavy atom. The molecule has 1 aromatic rings. The van der Waals surface area contributed by atoms with Gasteiger partial charge in [0.15, 0.2) is 9.84 Å². The Balaban J connectivity index is 2.28. The van der Waals surface area contributed by atoms with Gasteiger partial charge in [-0.15, -0.1) is 0 Å². The Morgan fingerprint density at radius 2 is 1.67 bits per heavy atom. The van der Waals surface area contributed by atoms with Gasteiger partial charge in [0.1, 0.15) is 0 Å². The van der Waals surface area contributed by atoms with Crippen molar-refractivity contribution in [3.63, 3.8) is 0 Å². The summed E-state index contributed by atoms with van der Waals surface area (Å²) in [4.78, 5) is 22.4. The minimum Gasteiger partial charge on any atom is -0.356 e. The summed E-state index contributed by atoms with van der Waals surface area (Å²) in [5, 5.41) is 5.24. The van der Waals surface area contributed by atoms with E-state index >= 15 is 0 Å². The van der Waals surface area contributed by atoms with E-state index < -0.39 is 9.84 Å². The second-order valence-corrected chi connectivity index (χ2v) is 6.68. The van der Waals surface area contributed by atoms with Crippen LogP contribution in [0.25, 0.3) is 0 Å². The molecule has 0 aliphatic heterocycles. The summed E-state index contributed by atoms with van der Waals surface area (Å²) in [7, 11) is -3.42. The number of carbonyl (C=O) groups excluding carboxylic acids is 2. The van der Waals surface area contributed by atoms with Gasteiger partial charge in [0.25, 0.3) is 0 Å².